The standard InChI is InChI=1S/C12H22O2/c1-3-4-9-12(14)10-7-5-6-8-11(2)13/h3-10H2,1-2H3. The van der Waals surface area contributed by atoms with Crippen molar-refractivity contribution in [1.82, 2.24) is 0 Å². The molecule has 0 atom stereocenters. The third kappa shape index (κ3) is 9.43. The van der Waals surface area contributed by atoms with Gasteiger partial charge in [0.15, 0.2) is 0 Å². The van der Waals surface area contributed by atoms with E-state index in [2.05, 4.69) is 6.92 Å². The highest BCUT2D eigenvalue weighted by atomic mass is 16.1. The summed E-state index contributed by atoms with van der Waals surface area (Å²) >= 11 is 0. The lowest BCUT2D eigenvalue weighted by Crippen LogP contribution is -1.97. The molecule has 0 aromatic rings. The van der Waals surface area contributed by atoms with Crippen molar-refractivity contribution in [3.63, 3.8) is 0 Å². The molecule has 0 aliphatic carbocycles. The molecule has 0 heterocycles. The summed E-state index contributed by atoms with van der Waals surface area (Å²) in [4.78, 5) is 21.8. The second kappa shape index (κ2) is 8.92. The molecule has 0 amide bonds. The van der Waals surface area contributed by atoms with Crippen LogP contribution in [0, 0.1) is 0 Å². The molecule has 0 aliphatic heterocycles. The van der Waals surface area contributed by atoms with Crippen molar-refractivity contribution >= 4 is 11.6 Å². The lowest BCUT2D eigenvalue weighted by Gasteiger charge is -1.99. The van der Waals surface area contributed by atoms with Gasteiger partial charge in [0, 0.05) is 19.3 Å². The first-order valence-electron chi connectivity index (χ1n) is 5.68. The maximum atomic E-state index is 11.2. The quantitative estimate of drug-likeness (QED) is 0.533. The molecule has 0 radical (unpaired) electrons. The van der Waals surface area contributed by atoms with Crippen molar-refractivity contribution < 1.29 is 9.59 Å². The summed E-state index contributed by atoms with van der Waals surface area (Å²) < 4.78 is 0. The molecule has 0 saturated carbocycles. The largest absolute Gasteiger partial charge is 0.300 e. The number of hydrogen-bond acceptors (Lipinski definition) is 2. The number of unbranched alkanes of at least 4 members (excludes halogenated alkanes) is 3. The SMILES string of the molecule is CCCCC(=O)CCCCCC(C)=O. The molecular formula is C12H22O2. The van der Waals surface area contributed by atoms with Crippen LogP contribution in [0.1, 0.15) is 65.2 Å². The average Bonchev–Trinajstić information content (AvgIpc) is 2.13. The van der Waals surface area contributed by atoms with Crippen LogP contribution < -0.4 is 0 Å². The molecule has 0 saturated heterocycles. The van der Waals surface area contributed by atoms with Gasteiger partial charge in [0.25, 0.3) is 0 Å². The summed E-state index contributed by atoms with van der Waals surface area (Å²) in [6, 6.07) is 0. The summed E-state index contributed by atoms with van der Waals surface area (Å²) in [6.07, 6.45) is 7.14. The Labute approximate surface area is 87.1 Å². The van der Waals surface area contributed by atoms with Crippen LogP contribution in [-0.2, 0) is 9.59 Å². The molecule has 0 bridgehead atoms. The lowest BCUT2D eigenvalue weighted by molar-refractivity contribution is -0.119. The molecule has 2 nitrogen and oxygen atoms in total. The van der Waals surface area contributed by atoms with Gasteiger partial charge < -0.3 is 4.79 Å². The van der Waals surface area contributed by atoms with Gasteiger partial charge in [-0.2, -0.15) is 0 Å². The van der Waals surface area contributed by atoms with E-state index in [9.17, 15) is 9.59 Å². The Morgan fingerprint density at radius 1 is 0.857 bits per heavy atom. The van der Waals surface area contributed by atoms with Crippen molar-refractivity contribution in [3.05, 3.63) is 0 Å². The van der Waals surface area contributed by atoms with Crippen LogP contribution in [-0.4, -0.2) is 11.6 Å². The van der Waals surface area contributed by atoms with Crippen LogP contribution in [0.3, 0.4) is 0 Å². The highest BCUT2D eigenvalue weighted by Crippen LogP contribution is 2.06. The zero-order valence-electron chi connectivity index (χ0n) is 9.47. The van der Waals surface area contributed by atoms with Crippen LogP contribution >= 0.6 is 0 Å². The first-order chi connectivity index (χ1) is 6.66. The van der Waals surface area contributed by atoms with Gasteiger partial charge in [-0.05, 0) is 26.2 Å². The van der Waals surface area contributed by atoms with E-state index in [0.29, 0.717) is 18.6 Å². The molecule has 82 valence electrons. The fourth-order valence-electron chi connectivity index (χ4n) is 1.37. The number of Topliss-reactive ketones (excluding diaryl/α,β-unsaturated/α-hetero) is 2. The summed E-state index contributed by atoms with van der Waals surface area (Å²) in [5.41, 5.74) is 0. The minimum atomic E-state index is 0.252. The zero-order chi connectivity index (χ0) is 10.8. The first-order valence-corrected chi connectivity index (χ1v) is 5.68. The van der Waals surface area contributed by atoms with Gasteiger partial charge in [0.1, 0.15) is 11.6 Å². The number of hydrogen-bond donors (Lipinski definition) is 0. The Morgan fingerprint density at radius 2 is 1.43 bits per heavy atom. The van der Waals surface area contributed by atoms with Crippen molar-refractivity contribution in [2.45, 2.75) is 65.2 Å². The minimum Gasteiger partial charge on any atom is -0.300 e. The summed E-state index contributed by atoms with van der Waals surface area (Å²) in [7, 11) is 0. The first kappa shape index (κ1) is 13.3. The molecule has 0 aromatic carbocycles. The highest BCUT2D eigenvalue weighted by Gasteiger charge is 2.01. The van der Waals surface area contributed by atoms with E-state index in [1.54, 1.807) is 6.92 Å². The van der Waals surface area contributed by atoms with Crippen molar-refractivity contribution in [2.75, 3.05) is 0 Å². The molecule has 0 spiro atoms. The summed E-state index contributed by atoms with van der Waals surface area (Å²) in [5, 5.41) is 0. The Kier molecular flexibility index (Phi) is 8.50. The molecule has 2 heteroatoms. The van der Waals surface area contributed by atoms with Gasteiger partial charge in [0.2, 0.25) is 0 Å². The van der Waals surface area contributed by atoms with Crippen LogP contribution in [0.2, 0.25) is 0 Å². The Balaban J connectivity index is 3.19. The predicted molar refractivity (Wildman–Crippen MR) is 58.3 cm³/mol. The van der Waals surface area contributed by atoms with E-state index in [4.69, 9.17) is 0 Å². The van der Waals surface area contributed by atoms with Crippen LogP contribution in [0.5, 0.6) is 0 Å². The van der Waals surface area contributed by atoms with Gasteiger partial charge in [-0.1, -0.05) is 19.8 Å². The average molecular weight is 198 g/mol. The van der Waals surface area contributed by atoms with Crippen molar-refractivity contribution in [1.29, 1.82) is 0 Å². The number of rotatable bonds is 9. The number of carbonyl (C=O) groups excluding carboxylic acids is 2. The monoisotopic (exact) mass is 198 g/mol. The molecule has 14 heavy (non-hydrogen) atoms. The van der Waals surface area contributed by atoms with Gasteiger partial charge in [-0.25, -0.2) is 0 Å². The normalized spacial score (nSPS) is 10.1. The predicted octanol–water partition coefficient (Wildman–Crippen LogP) is 3.29. The third-order valence-corrected chi connectivity index (χ3v) is 2.29. The van der Waals surface area contributed by atoms with E-state index in [1.165, 1.54) is 0 Å². The van der Waals surface area contributed by atoms with Crippen molar-refractivity contribution in [3.8, 4) is 0 Å². The molecule has 0 fully saturated rings. The maximum Gasteiger partial charge on any atom is 0.132 e. The smallest absolute Gasteiger partial charge is 0.132 e. The van der Waals surface area contributed by atoms with Crippen LogP contribution in [0.25, 0.3) is 0 Å². The minimum absolute atomic E-state index is 0.252. The Morgan fingerprint density at radius 3 is 2.00 bits per heavy atom. The fourth-order valence-corrected chi connectivity index (χ4v) is 1.37. The van der Waals surface area contributed by atoms with Crippen LogP contribution in [0.15, 0.2) is 0 Å². The molecule has 0 N–H and O–H groups in total. The topological polar surface area (TPSA) is 34.1 Å². The second-order valence-corrected chi connectivity index (χ2v) is 3.90. The summed E-state index contributed by atoms with van der Waals surface area (Å²) in [6.45, 7) is 3.71. The molecule has 0 rings (SSSR count). The Hall–Kier alpha value is -0.660. The van der Waals surface area contributed by atoms with Crippen LogP contribution in [0.4, 0.5) is 0 Å². The maximum absolute atomic E-state index is 11.2. The zero-order valence-corrected chi connectivity index (χ0v) is 9.47. The number of carbonyl (C=O) groups is 2. The van der Waals surface area contributed by atoms with E-state index < -0.39 is 0 Å². The molecule has 0 aliphatic rings. The highest BCUT2D eigenvalue weighted by molar-refractivity contribution is 5.78. The number of ketones is 2. The molecular weight excluding hydrogens is 176 g/mol. The lowest BCUT2D eigenvalue weighted by atomic mass is 10.1. The van der Waals surface area contributed by atoms with E-state index in [1.807, 2.05) is 0 Å². The summed E-state index contributed by atoms with van der Waals surface area (Å²) in [5.74, 6) is 0.636. The van der Waals surface area contributed by atoms with Gasteiger partial charge in [0.05, 0.1) is 0 Å². The fraction of sp³-hybridized carbons (Fsp3) is 0.833. The van der Waals surface area contributed by atoms with Crippen molar-refractivity contribution in [2.24, 2.45) is 0 Å². The van der Waals surface area contributed by atoms with Gasteiger partial charge >= 0.3 is 0 Å². The Bertz CT molecular complexity index is 173. The molecule has 0 aromatic heterocycles. The van der Waals surface area contributed by atoms with E-state index in [-0.39, 0.29) is 5.78 Å². The molecule has 0 unspecified atom stereocenters. The third-order valence-electron chi connectivity index (χ3n) is 2.29. The van der Waals surface area contributed by atoms with Gasteiger partial charge in [-0.15, -0.1) is 0 Å². The second-order valence-electron chi connectivity index (χ2n) is 3.90. The van der Waals surface area contributed by atoms with E-state index in [0.717, 1.165) is 38.5 Å². The van der Waals surface area contributed by atoms with Gasteiger partial charge in [-0.3, -0.25) is 4.79 Å². The van der Waals surface area contributed by atoms with E-state index >= 15 is 0 Å².